The van der Waals surface area contributed by atoms with Gasteiger partial charge in [0.25, 0.3) is 11.6 Å². The number of morpholine rings is 1. The Morgan fingerprint density at radius 3 is 2.49 bits per heavy atom. The smallest absolute Gasteiger partial charge is 0.341 e. The van der Waals surface area contributed by atoms with E-state index in [-0.39, 0.29) is 21.8 Å². The van der Waals surface area contributed by atoms with Crippen molar-refractivity contribution in [3.63, 3.8) is 0 Å². The Balaban J connectivity index is 1.75. The van der Waals surface area contributed by atoms with Crippen LogP contribution in [0.25, 0.3) is 0 Å². The molecule has 1 heterocycles. The molecule has 0 radical (unpaired) electrons. The van der Waals surface area contributed by atoms with E-state index in [1.54, 1.807) is 13.0 Å². The number of amides is 1. The van der Waals surface area contributed by atoms with Crippen LogP contribution < -0.4 is 10.2 Å². The summed E-state index contributed by atoms with van der Waals surface area (Å²) in [7, 11) is -0.923. The van der Waals surface area contributed by atoms with Crippen molar-refractivity contribution in [2.45, 2.75) is 11.8 Å². The normalized spacial score (nSPS) is 14.0. The van der Waals surface area contributed by atoms with Gasteiger partial charge in [0.2, 0.25) is 10.0 Å². The van der Waals surface area contributed by atoms with Gasteiger partial charge in [0.1, 0.15) is 0 Å². The molecule has 35 heavy (non-hydrogen) atoms. The summed E-state index contributed by atoms with van der Waals surface area (Å²) < 4.78 is 36.3. The van der Waals surface area contributed by atoms with E-state index >= 15 is 0 Å². The maximum atomic E-state index is 12.8. The number of aryl methyl sites for hydroxylation is 1. The molecule has 1 N–H and O–H groups in total. The Bertz CT molecular complexity index is 1240. The third kappa shape index (κ3) is 6.12. The second-order valence-corrected chi connectivity index (χ2v) is 10.1. The number of anilines is 2. The highest BCUT2D eigenvalue weighted by atomic mass is 32.2. The Morgan fingerprint density at radius 1 is 1.17 bits per heavy atom. The first-order valence-corrected chi connectivity index (χ1v) is 12.1. The first-order valence-electron chi connectivity index (χ1n) is 10.6. The van der Waals surface area contributed by atoms with Crippen molar-refractivity contribution in [1.82, 2.24) is 4.31 Å². The van der Waals surface area contributed by atoms with Crippen molar-refractivity contribution in [3.8, 4) is 0 Å². The van der Waals surface area contributed by atoms with Gasteiger partial charge in [-0.1, -0.05) is 6.07 Å². The average Bonchev–Trinajstić information content (AvgIpc) is 2.83. The van der Waals surface area contributed by atoms with E-state index < -0.39 is 33.4 Å². The summed E-state index contributed by atoms with van der Waals surface area (Å²) in [5.41, 5.74) is 0.979. The molecule has 0 aliphatic carbocycles. The van der Waals surface area contributed by atoms with E-state index in [0.717, 1.165) is 10.4 Å². The topological polar surface area (TPSA) is 148 Å². The number of carbonyl (C=O) groups is 2. The quantitative estimate of drug-likeness (QED) is 0.321. The minimum absolute atomic E-state index is 0.00728. The number of non-ortho nitro benzene ring substituents is 1. The van der Waals surface area contributed by atoms with Crippen molar-refractivity contribution in [2.75, 3.05) is 57.2 Å². The molecule has 0 saturated carbocycles. The molecule has 0 spiro atoms. The zero-order valence-corrected chi connectivity index (χ0v) is 20.3. The first-order chi connectivity index (χ1) is 16.5. The number of nitrogens with zero attached hydrogens (tertiary/aromatic N) is 3. The number of hydrogen-bond donors (Lipinski definition) is 1. The van der Waals surface area contributed by atoms with Crippen LogP contribution in [-0.4, -0.2) is 76.5 Å². The van der Waals surface area contributed by atoms with Crippen molar-refractivity contribution < 1.29 is 32.4 Å². The molecule has 2 aromatic carbocycles. The highest BCUT2D eigenvalue weighted by molar-refractivity contribution is 7.89. The number of nitro groups is 1. The van der Waals surface area contributed by atoms with Crippen LogP contribution >= 0.6 is 0 Å². The Hall–Kier alpha value is -3.55. The number of hydrogen-bond acceptors (Lipinski definition) is 9. The van der Waals surface area contributed by atoms with Crippen molar-refractivity contribution >= 4 is 39.0 Å². The number of ether oxygens (including phenoxy) is 2. The Kier molecular flexibility index (Phi) is 8.04. The zero-order chi connectivity index (χ0) is 25.8. The number of benzene rings is 2. The van der Waals surface area contributed by atoms with E-state index in [4.69, 9.17) is 9.47 Å². The fourth-order valence-electron chi connectivity index (χ4n) is 3.38. The Morgan fingerprint density at radius 2 is 1.86 bits per heavy atom. The molecule has 3 rings (SSSR count). The number of nitro benzene ring substituents is 1. The van der Waals surface area contributed by atoms with Gasteiger partial charge in [0.15, 0.2) is 6.61 Å². The predicted octanol–water partition coefficient (Wildman–Crippen LogP) is 1.79. The van der Waals surface area contributed by atoms with E-state index in [1.165, 1.54) is 38.4 Å². The molecular weight excluding hydrogens is 480 g/mol. The summed E-state index contributed by atoms with van der Waals surface area (Å²) in [4.78, 5) is 37.7. The molecule has 1 aliphatic rings. The van der Waals surface area contributed by atoms with Gasteiger partial charge < -0.3 is 19.7 Å². The Labute approximate surface area is 202 Å². The predicted molar refractivity (Wildman–Crippen MR) is 127 cm³/mol. The number of esters is 1. The lowest BCUT2D eigenvalue weighted by Crippen LogP contribution is -2.37. The van der Waals surface area contributed by atoms with Crippen LogP contribution in [0, 0.1) is 17.0 Å². The SMILES string of the molecule is Cc1ccc(S(=O)(=O)N(C)C)cc1NC(=O)COC(=O)c1cc([N+](=O)[O-])ccc1N1CCOCC1. The lowest BCUT2D eigenvalue weighted by atomic mass is 10.1. The lowest BCUT2D eigenvalue weighted by Gasteiger charge is -2.30. The fourth-order valence-corrected chi connectivity index (χ4v) is 4.31. The van der Waals surface area contributed by atoms with Gasteiger partial charge in [-0.2, -0.15) is 0 Å². The van der Waals surface area contributed by atoms with E-state index in [0.29, 0.717) is 37.6 Å². The molecule has 0 atom stereocenters. The third-order valence-corrected chi connectivity index (χ3v) is 7.17. The molecular formula is C22H26N4O8S. The van der Waals surface area contributed by atoms with Crippen LogP contribution in [0.3, 0.4) is 0 Å². The highest BCUT2D eigenvalue weighted by Gasteiger charge is 2.24. The molecule has 13 heteroatoms. The van der Waals surface area contributed by atoms with Crippen LogP contribution in [0.1, 0.15) is 15.9 Å². The molecule has 12 nitrogen and oxygen atoms in total. The summed E-state index contributed by atoms with van der Waals surface area (Å²) in [5.74, 6) is -1.59. The van der Waals surface area contributed by atoms with Crippen molar-refractivity contribution in [1.29, 1.82) is 0 Å². The summed E-state index contributed by atoms with van der Waals surface area (Å²) >= 11 is 0. The van der Waals surface area contributed by atoms with Gasteiger partial charge in [-0.15, -0.1) is 0 Å². The number of carbonyl (C=O) groups excluding carboxylic acids is 2. The molecule has 1 amide bonds. The van der Waals surface area contributed by atoms with Gasteiger partial charge >= 0.3 is 5.97 Å². The summed E-state index contributed by atoms with van der Waals surface area (Å²) in [6, 6.07) is 8.18. The molecule has 0 unspecified atom stereocenters. The number of rotatable bonds is 8. The van der Waals surface area contributed by atoms with Gasteiger partial charge in [-0.25, -0.2) is 17.5 Å². The van der Waals surface area contributed by atoms with Gasteiger partial charge in [-0.3, -0.25) is 14.9 Å². The van der Waals surface area contributed by atoms with Crippen LogP contribution in [0.2, 0.25) is 0 Å². The van der Waals surface area contributed by atoms with Crippen LogP contribution in [-0.2, 0) is 24.3 Å². The average molecular weight is 507 g/mol. The molecule has 0 bridgehead atoms. The largest absolute Gasteiger partial charge is 0.452 e. The van der Waals surface area contributed by atoms with E-state index in [9.17, 15) is 28.1 Å². The van der Waals surface area contributed by atoms with Crippen LogP contribution in [0.5, 0.6) is 0 Å². The monoisotopic (exact) mass is 506 g/mol. The standard InChI is InChI=1S/C22H26N4O8S/c1-15-4-6-17(35(31,32)24(2)3)13-19(15)23-21(27)14-34-22(28)18-12-16(26(29)30)5-7-20(18)25-8-10-33-11-9-25/h4-7,12-13H,8-11,14H2,1-3H3,(H,23,27). The van der Waals surface area contributed by atoms with Crippen LogP contribution in [0.4, 0.5) is 17.1 Å². The molecule has 188 valence electrons. The lowest BCUT2D eigenvalue weighted by molar-refractivity contribution is -0.384. The second kappa shape index (κ2) is 10.8. The molecule has 1 fully saturated rings. The van der Waals surface area contributed by atoms with Crippen molar-refractivity contribution in [2.24, 2.45) is 0 Å². The summed E-state index contributed by atoms with van der Waals surface area (Å²) in [6.45, 7) is 2.87. The molecule has 1 saturated heterocycles. The second-order valence-electron chi connectivity index (χ2n) is 7.95. The number of sulfonamides is 1. The van der Waals surface area contributed by atoms with Crippen molar-refractivity contribution in [3.05, 3.63) is 57.6 Å². The molecule has 2 aromatic rings. The third-order valence-electron chi connectivity index (χ3n) is 5.36. The van der Waals surface area contributed by atoms with Gasteiger partial charge in [0.05, 0.1) is 34.3 Å². The minimum atomic E-state index is -3.71. The zero-order valence-electron chi connectivity index (χ0n) is 19.5. The molecule has 1 aliphatic heterocycles. The fraction of sp³-hybridized carbons (Fsp3) is 0.364. The maximum Gasteiger partial charge on any atom is 0.341 e. The van der Waals surface area contributed by atoms with E-state index in [1.807, 2.05) is 4.90 Å². The maximum absolute atomic E-state index is 12.8. The summed E-state index contributed by atoms with van der Waals surface area (Å²) in [5, 5.41) is 13.8. The number of nitrogens with one attached hydrogen (secondary N) is 1. The highest BCUT2D eigenvalue weighted by Crippen LogP contribution is 2.27. The minimum Gasteiger partial charge on any atom is -0.452 e. The van der Waals surface area contributed by atoms with E-state index in [2.05, 4.69) is 5.32 Å². The van der Waals surface area contributed by atoms with Gasteiger partial charge in [-0.05, 0) is 30.7 Å². The van der Waals surface area contributed by atoms with Gasteiger partial charge in [0, 0.05) is 45.0 Å². The first kappa shape index (κ1) is 26.1. The van der Waals surface area contributed by atoms with Crippen LogP contribution in [0.15, 0.2) is 41.3 Å². The molecule has 0 aromatic heterocycles. The summed E-state index contributed by atoms with van der Waals surface area (Å²) in [6.07, 6.45) is 0.